The van der Waals surface area contributed by atoms with Gasteiger partial charge in [-0.3, -0.25) is 4.79 Å². The second kappa shape index (κ2) is 7.99. The van der Waals surface area contributed by atoms with E-state index in [1.54, 1.807) is 36.1 Å². The van der Waals surface area contributed by atoms with Gasteiger partial charge in [-0.15, -0.1) is 0 Å². The molecule has 0 aliphatic carbocycles. The van der Waals surface area contributed by atoms with Crippen LogP contribution in [0.4, 0.5) is 14.9 Å². The van der Waals surface area contributed by atoms with Crippen LogP contribution in [0.25, 0.3) is 0 Å². The Morgan fingerprint density at radius 2 is 1.92 bits per heavy atom. The molecule has 1 aliphatic heterocycles. The Morgan fingerprint density at radius 1 is 1.15 bits per heavy atom. The number of urea groups is 1. The van der Waals surface area contributed by atoms with Gasteiger partial charge in [0.15, 0.2) is 0 Å². The van der Waals surface area contributed by atoms with Gasteiger partial charge in [-0.05, 0) is 49.6 Å². The summed E-state index contributed by atoms with van der Waals surface area (Å²) in [7, 11) is 0. The van der Waals surface area contributed by atoms with Gasteiger partial charge in [0.25, 0.3) is 5.91 Å². The maximum absolute atomic E-state index is 13.6. The number of rotatable bonds is 3. The van der Waals surface area contributed by atoms with Crippen LogP contribution in [-0.2, 0) is 0 Å². The Balaban J connectivity index is 1.57. The highest BCUT2D eigenvalue weighted by Gasteiger charge is 2.25. The van der Waals surface area contributed by atoms with Crippen molar-refractivity contribution in [1.29, 1.82) is 0 Å². The van der Waals surface area contributed by atoms with Crippen molar-refractivity contribution in [2.75, 3.05) is 18.4 Å². The summed E-state index contributed by atoms with van der Waals surface area (Å²) >= 11 is 0. The van der Waals surface area contributed by atoms with E-state index >= 15 is 0 Å². The molecule has 1 aliphatic rings. The van der Waals surface area contributed by atoms with E-state index in [4.69, 9.17) is 0 Å². The molecule has 1 saturated heterocycles. The summed E-state index contributed by atoms with van der Waals surface area (Å²) in [4.78, 5) is 26.5. The van der Waals surface area contributed by atoms with Gasteiger partial charge in [-0.2, -0.15) is 0 Å². The number of nitrogens with one attached hydrogen (secondary N) is 2. The number of carbonyl (C=O) groups excluding carboxylic acids is 2. The molecule has 2 aromatic carbocycles. The van der Waals surface area contributed by atoms with Gasteiger partial charge in [-0.25, -0.2) is 9.18 Å². The van der Waals surface area contributed by atoms with Gasteiger partial charge in [0.2, 0.25) is 0 Å². The van der Waals surface area contributed by atoms with E-state index in [1.807, 2.05) is 18.2 Å². The first kappa shape index (κ1) is 17.9. The molecule has 1 fully saturated rings. The second-order valence-corrected chi connectivity index (χ2v) is 6.52. The molecule has 0 saturated carbocycles. The number of amides is 3. The van der Waals surface area contributed by atoms with Gasteiger partial charge in [-0.1, -0.05) is 24.3 Å². The van der Waals surface area contributed by atoms with Crippen molar-refractivity contribution < 1.29 is 14.0 Å². The van der Waals surface area contributed by atoms with Gasteiger partial charge in [0.1, 0.15) is 5.82 Å². The summed E-state index contributed by atoms with van der Waals surface area (Å²) in [5.41, 5.74) is 1.57. The normalized spacial score (nSPS) is 16.8. The average Bonchev–Trinajstić information content (AvgIpc) is 2.65. The number of aryl methyl sites for hydroxylation is 1. The molecule has 2 N–H and O–H groups in total. The van der Waals surface area contributed by atoms with E-state index < -0.39 is 6.03 Å². The highest BCUT2D eigenvalue weighted by atomic mass is 19.1. The second-order valence-electron chi connectivity index (χ2n) is 6.52. The third-order valence-electron chi connectivity index (χ3n) is 4.49. The molecular weight excluding hydrogens is 333 g/mol. The Kier molecular flexibility index (Phi) is 5.51. The van der Waals surface area contributed by atoms with E-state index in [-0.39, 0.29) is 17.8 Å². The molecule has 0 unspecified atom stereocenters. The molecule has 6 heteroatoms. The van der Waals surface area contributed by atoms with Crippen LogP contribution in [0.3, 0.4) is 0 Å². The smallest absolute Gasteiger partial charge is 0.319 e. The molecular formula is C20H22FN3O2. The molecule has 0 spiro atoms. The molecule has 26 heavy (non-hydrogen) atoms. The van der Waals surface area contributed by atoms with Crippen LogP contribution in [0.2, 0.25) is 0 Å². The number of hydrogen-bond acceptors (Lipinski definition) is 2. The minimum atomic E-state index is -0.396. The van der Waals surface area contributed by atoms with Gasteiger partial charge in [0.05, 0.1) is 0 Å². The van der Waals surface area contributed by atoms with Crippen LogP contribution in [0, 0.1) is 12.7 Å². The van der Waals surface area contributed by atoms with Crippen molar-refractivity contribution in [2.24, 2.45) is 0 Å². The van der Waals surface area contributed by atoms with E-state index in [9.17, 15) is 14.0 Å². The molecule has 0 aromatic heterocycles. The molecule has 1 atom stereocenters. The third-order valence-corrected chi connectivity index (χ3v) is 4.49. The van der Waals surface area contributed by atoms with Gasteiger partial charge >= 0.3 is 6.03 Å². The first-order valence-electron chi connectivity index (χ1n) is 8.71. The average molecular weight is 355 g/mol. The lowest BCUT2D eigenvalue weighted by molar-refractivity contribution is 0.0698. The molecule has 0 bridgehead atoms. The fourth-order valence-corrected chi connectivity index (χ4v) is 3.07. The van der Waals surface area contributed by atoms with Gasteiger partial charge in [0, 0.05) is 30.4 Å². The van der Waals surface area contributed by atoms with Crippen molar-refractivity contribution in [1.82, 2.24) is 10.2 Å². The van der Waals surface area contributed by atoms with E-state index in [2.05, 4.69) is 10.6 Å². The largest absolute Gasteiger partial charge is 0.337 e. The lowest BCUT2D eigenvalue weighted by atomic mass is 10.0. The van der Waals surface area contributed by atoms with Crippen LogP contribution in [0.1, 0.15) is 28.8 Å². The number of carbonyl (C=O) groups is 2. The minimum Gasteiger partial charge on any atom is -0.337 e. The molecule has 0 radical (unpaired) electrons. The zero-order chi connectivity index (χ0) is 18.5. The predicted molar refractivity (Wildman–Crippen MR) is 98.7 cm³/mol. The summed E-state index contributed by atoms with van der Waals surface area (Å²) in [6.07, 6.45) is 1.62. The number of anilines is 1. The maximum atomic E-state index is 13.6. The fourth-order valence-electron chi connectivity index (χ4n) is 3.07. The highest BCUT2D eigenvalue weighted by molar-refractivity contribution is 5.94. The summed E-state index contributed by atoms with van der Waals surface area (Å²) in [5, 5.41) is 5.51. The minimum absolute atomic E-state index is 0.0295. The van der Waals surface area contributed by atoms with Crippen LogP contribution < -0.4 is 10.6 Å². The van der Waals surface area contributed by atoms with Crippen LogP contribution in [-0.4, -0.2) is 36.0 Å². The van der Waals surface area contributed by atoms with Crippen molar-refractivity contribution in [3.63, 3.8) is 0 Å². The Morgan fingerprint density at radius 3 is 2.65 bits per heavy atom. The van der Waals surface area contributed by atoms with Gasteiger partial charge < -0.3 is 15.5 Å². The lowest BCUT2D eigenvalue weighted by Gasteiger charge is -2.33. The molecule has 1 heterocycles. The van der Waals surface area contributed by atoms with E-state index in [0.29, 0.717) is 29.9 Å². The third kappa shape index (κ3) is 4.39. The first-order valence-corrected chi connectivity index (χ1v) is 8.71. The molecule has 2 aromatic rings. The van der Waals surface area contributed by atoms with Crippen molar-refractivity contribution in [3.05, 3.63) is 65.5 Å². The number of hydrogen-bond donors (Lipinski definition) is 2. The highest BCUT2D eigenvalue weighted by Crippen LogP contribution is 2.16. The Labute approximate surface area is 152 Å². The quantitative estimate of drug-likeness (QED) is 0.884. The summed E-state index contributed by atoms with van der Waals surface area (Å²) < 4.78 is 13.6. The molecule has 136 valence electrons. The van der Waals surface area contributed by atoms with Crippen LogP contribution >= 0.6 is 0 Å². The maximum Gasteiger partial charge on any atom is 0.319 e. The Hall–Kier alpha value is -2.89. The molecule has 5 nitrogen and oxygen atoms in total. The predicted octanol–water partition coefficient (Wildman–Crippen LogP) is 3.56. The Bertz CT molecular complexity index is 795. The monoisotopic (exact) mass is 355 g/mol. The molecule has 3 rings (SSSR count). The number of nitrogens with zero attached hydrogens (tertiary/aromatic N) is 1. The zero-order valence-electron chi connectivity index (χ0n) is 14.7. The number of piperidine rings is 1. The van der Waals surface area contributed by atoms with E-state index in [1.165, 1.54) is 6.07 Å². The number of benzene rings is 2. The summed E-state index contributed by atoms with van der Waals surface area (Å²) in [6, 6.07) is 13.2. The van der Waals surface area contributed by atoms with Crippen molar-refractivity contribution >= 4 is 17.6 Å². The fraction of sp³-hybridized carbons (Fsp3) is 0.300. The first-order chi connectivity index (χ1) is 12.5. The van der Waals surface area contributed by atoms with Crippen LogP contribution in [0.5, 0.6) is 0 Å². The van der Waals surface area contributed by atoms with Crippen molar-refractivity contribution in [2.45, 2.75) is 25.8 Å². The van der Waals surface area contributed by atoms with Crippen molar-refractivity contribution in [3.8, 4) is 0 Å². The molecule has 3 amide bonds. The number of halogens is 1. The van der Waals surface area contributed by atoms with E-state index in [0.717, 1.165) is 12.8 Å². The number of likely N-dealkylation sites (tertiary alicyclic amines) is 1. The summed E-state index contributed by atoms with van der Waals surface area (Å²) in [5.74, 6) is -0.391. The topological polar surface area (TPSA) is 61.4 Å². The van der Waals surface area contributed by atoms with Crippen LogP contribution in [0.15, 0.2) is 48.5 Å². The lowest BCUT2D eigenvalue weighted by Crippen LogP contribution is -2.50. The summed E-state index contributed by atoms with van der Waals surface area (Å²) in [6.45, 7) is 2.81. The zero-order valence-corrected chi connectivity index (χ0v) is 14.7. The SMILES string of the molecule is Cc1ccc(NC(=O)N[C@@H]2CCCN(C(=O)c3ccccc3)C2)cc1F. The standard InChI is InChI=1S/C20H22FN3O2/c1-14-9-10-16(12-18(14)21)22-20(26)23-17-8-5-11-24(13-17)19(25)15-6-3-2-4-7-15/h2-4,6-7,9-10,12,17H,5,8,11,13H2,1H3,(H2,22,23,26)/t17-/m1/s1.